The van der Waals surface area contributed by atoms with E-state index in [4.69, 9.17) is 4.74 Å². The number of para-hydroxylation sites is 1. The standard InChI is InChI=1S/C19H24N2O2S/c1-3-13-21-17-15(23-4-2)11-8-12-16(17)24-19(21)20-18(22)14-9-6-5-7-10-14/h3,8,11-12,14H,1,4-7,9-10,13H2,2H3. The minimum absolute atomic E-state index is 0.0250. The Hall–Kier alpha value is -1.88. The highest BCUT2D eigenvalue weighted by Crippen LogP contribution is 2.28. The quantitative estimate of drug-likeness (QED) is 0.759. The summed E-state index contributed by atoms with van der Waals surface area (Å²) < 4.78 is 8.89. The van der Waals surface area contributed by atoms with Crippen molar-refractivity contribution in [1.82, 2.24) is 4.57 Å². The van der Waals surface area contributed by atoms with E-state index in [0.29, 0.717) is 13.2 Å². The van der Waals surface area contributed by atoms with Gasteiger partial charge in [0.15, 0.2) is 4.80 Å². The molecular formula is C19H24N2O2S. The number of rotatable bonds is 5. The molecule has 1 aromatic carbocycles. The maximum atomic E-state index is 12.6. The first kappa shape index (κ1) is 17.0. The molecule has 0 unspecified atom stereocenters. The van der Waals surface area contributed by atoms with Crippen molar-refractivity contribution < 1.29 is 9.53 Å². The van der Waals surface area contributed by atoms with Crippen LogP contribution in [0.1, 0.15) is 39.0 Å². The summed E-state index contributed by atoms with van der Waals surface area (Å²) in [5.74, 6) is 0.948. The number of thiazole rings is 1. The summed E-state index contributed by atoms with van der Waals surface area (Å²) in [6, 6.07) is 5.99. The fourth-order valence-corrected chi connectivity index (χ4v) is 4.35. The summed E-state index contributed by atoms with van der Waals surface area (Å²) >= 11 is 1.54. The first-order chi connectivity index (χ1) is 11.7. The summed E-state index contributed by atoms with van der Waals surface area (Å²) in [5, 5.41) is 0. The van der Waals surface area contributed by atoms with E-state index < -0.39 is 0 Å². The molecule has 1 aromatic heterocycles. The molecule has 0 bridgehead atoms. The van der Waals surface area contributed by atoms with Crippen LogP contribution in [0.15, 0.2) is 35.8 Å². The minimum Gasteiger partial charge on any atom is -0.492 e. The molecule has 1 heterocycles. The maximum absolute atomic E-state index is 12.6. The zero-order valence-electron chi connectivity index (χ0n) is 14.2. The van der Waals surface area contributed by atoms with E-state index in [1.165, 1.54) is 6.42 Å². The lowest BCUT2D eigenvalue weighted by molar-refractivity contribution is -0.122. The number of fused-ring (bicyclic) bond motifs is 1. The lowest BCUT2D eigenvalue weighted by Crippen LogP contribution is -2.21. The maximum Gasteiger partial charge on any atom is 0.251 e. The third-order valence-electron chi connectivity index (χ3n) is 4.44. The number of hydrogen-bond donors (Lipinski definition) is 0. The van der Waals surface area contributed by atoms with Gasteiger partial charge in [-0.3, -0.25) is 4.79 Å². The van der Waals surface area contributed by atoms with Crippen molar-refractivity contribution in [2.45, 2.75) is 45.6 Å². The second-order valence-electron chi connectivity index (χ2n) is 6.10. The summed E-state index contributed by atoms with van der Waals surface area (Å²) in [6.07, 6.45) is 7.29. The van der Waals surface area contributed by atoms with Gasteiger partial charge >= 0.3 is 0 Å². The van der Waals surface area contributed by atoms with E-state index in [0.717, 1.165) is 46.5 Å². The number of aromatic nitrogens is 1. The fourth-order valence-electron chi connectivity index (χ4n) is 3.29. The number of benzene rings is 1. The van der Waals surface area contributed by atoms with Crippen LogP contribution in [0, 0.1) is 5.92 Å². The lowest BCUT2D eigenvalue weighted by Gasteiger charge is -2.17. The average Bonchev–Trinajstić information content (AvgIpc) is 2.95. The van der Waals surface area contributed by atoms with Crippen LogP contribution in [0.2, 0.25) is 0 Å². The molecule has 5 heteroatoms. The van der Waals surface area contributed by atoms with E-state index in [1.54, 1.807) is 11.3 Å². The smallest absolute Gasteiger partial charge is 0.251 e. The minimum atomic E-state index is 0.0250. The van der Waals surface area contributed by atoms with Crippen LogP contribution >= 0.6 is 11.3 Å². The third-order valence-corrected chi connectivity index (χ3v) is 5.48. The second-order valence-corrected chi connectivity index (χ2v) is 7.11. The van der Waals surface area contributed by atoms with Crippen molar-refractivity contribution in [2.24, 2.45) is 10.9 Å². The molecule has 24 heavy (non-hydrogen) atoms. The molecule has 128 valence electrons. The highest BCUT2D eigenvalue weighted by atomic mass is 32.1. The summed E-state index contributed by atoms with van der Waals surface area (Å²) in [6.45, 7) is 7.04. The molecule has 1 amide bonds. The van der Waals surface area contributed by atoms with Crippen molar-refractivity contribution in [3.8, 4) is 5.75 Å². The zero-order valence-corrected chi connectivity index (χ0v) is 15.0. The Morgan fingerprint density at radius 3 is 2.92 bits per heavy atom. The van der Waals surface area contributed by atoms with Crippen LogP contribution in [-0.4, -0.2) is 17.1 Å². The van der Waals surface area contributed by atoms with Gasteiger partial charge in [-0.15, -0.1) is 6.58 Å². The Balaban J connectivity index is 2.07. The number of amides is 1. The highest BCUT2D eigenvalue weighted by Gasteiger charge is 2.21. The molecule has 2 aromatic rings. The fraction of sp³-hybridized carbons (Fsp3) is 0.474. The Bertz CT molecular complexity index is 797. The molecule has 0 radical (unpaired) electrons. The van der Waals surface area contributed by atoms with Gasteiger partial charge < -0.3 is 9.30 Å². The van der Waals surface area contributed by atoms with Crippen LogP contribution < -0.4 is 9.54 Å². The van der Waals surface area contributed by atoms with Crippen molar-refractivity contribution in [2.75, 3.05) is 6.61 Å². The van der Waals surface area contributed by atoms with Gasteiger partial charge in [-0.2, -0.15) is 4.99 Å². The number of allylic oxidation sites excluding steroid dienone is 1. The van der Waals surface area contributed by atoms with Crippen molar-refractivity contribution in [1.29, 1.82) is 0 Å². The van der Waals surface area contributed by atoms with Crippen molar-refractivity contribution in [3.05, 3.63) is 35.7 Å². The molecule has 0 atom stereocenters. The summed E-state index contributed by atoms with van der Waals surface area (Å²) in [4.78, 5) is 17.8. The largest absolute Gasteiger partial charge is 0.492 e. The molecule has 0 N–H and O–H groups in total. The number of ether oxygens (including phenoxy) is 1. The summed E-state index contributed by atoms with van der Waals surface area (Å²) in [7, 11) is 0. The molecule has 4 nitrogen and oxygen atoms in total. The molecule has 1 aliphatic rings. The first-order valence-corrected chi connectivity index (χ1v) is 9.51. The Kier molecular flexibility index (Phi) is 5.51. The van der Waals surface area contributed by atoms with E-state index in [2.05, 4.69) is 11.6 Å². The number of nitrogens with zero attached hydrogens (tertiary/aromatic N) is 2. The molecule has 1 fully saturated rings. The summed E-state index contributed by atoms with van der Waals surface area (Å²) in [5.41, 5.74) is 0.999. The molecule has 1 saturated carbocycles. The Labute approximate surface area is 146 Å². The van der Waals surface area contributed by atoms with Crippen LogP contribution in [0.25, 0.3) is 10.2 Å². The molecule has 3 rings (SSSR count). The topological polar surface area (TPSA) is 43.6 Å². The van der Waals surface area contributed by atoms with Gasteiger partial charge in [-0.1, -0.05) is 42.7 Å². The van der Waals surface area contributed by atoms with Crippen molar-refractivity contribution in [3.63, 3.8) is 0 Å². The lowest BCUT2D eigenvalue weighted by atomic mass is 9.89. The van der Waals surface area contributed by atoms with E-state index in [9.17, 15) is 4.79 Å². The van der Waals surface area contributed by atoms with Gasteiger partial charge in [-0.25, -0.2) is 0 Å². The van der Waals surface area contributed by atoms with Gasteiger partial charge in [0.05, 0.1) is 11.3 Å². The SMILES string of the molecule is C=CCn1c(=NC(=O)C2CCCCC2)sc2cccc(OCC)c21. The first-order valence-electron chi connectivity index (χ1n) is 8.69. The molecular weight excluding hydrogens is 320 g/mol. The van der Waals surface area contributed by atoms with Crippen LogP contribution in [0.4, 0.5) is 0 Å². The molecule has 0 spiro atoms. The van der Waals surface area contributed by atoms with Crippen LogP contribution in [-0.2, 0) is 11.3 Å². The van der Waals surface area contributed by atoms with Crippen LogP contribution in [0.5, 0.6) is 5.75 Å². The number of hydrogen-bond acceptors (Lipinski definition) is 3. The second kappa shape index (κ2) is 7.79. The predicted octanol–water partition coefficient (Wildman–Crippen LogP) is 4.30. The van der Waals surface area contributed by atoms with Gasteiger partial charge in [0.25, 0.3) is 5.91 Å². The molecule has 0 saturated heterocycles. The highest BCUT2D eigenvalue weighted by molar-refractivity contribution is 7.16. The third kappa shape index (κ3) is 3.46. The number of carbonyl (C=O) groups is 1. The van der Waals surface area contributed by atoms with E-state index in [1.807, 2.05) is 35.8 Å². The van der Waals surface area contributed by atoms with Crippen molar-refractivity contribution >= 4 is 27.5 Å². The zero-order chi connectivity index (χ0) is 16.9. The Morgan fingerprint density at radius 1 is 1.42 bits per heavy atom. The van der Waals surface area contributed by atoms with Gasteiger partial charge in [0.1, 0.15) is 11.3 Å². The van der Waals surface area contributed by atoms with Gasteiger partial charge in [0, 0.05) is 12.5 Å². The van der Waals surface area contributed by atoms with Gasteiger partial charge in [0.2, 0.25) is 0 Å². The molecule has 0 aliphatic heterocycles. The van der Waals surface area contributed by atoms with Crippen LogP contribution in [0.3, 0.4) is 0 Å². The predicted molar refractivity (Wildman–Crippen MR) is 98.3 cm³/mol. The van der Waals surface area contributed by atoms with E-state index in [-0.39, 0.29) is 11.8 Å². The average molecular weight is 344 g/mol. The van der Waals surface area contributed by atoms with Gasteiger partial charge in [-0.05, 0) is 31.9 Å². The Morgan fingerprint density at radius 2 is 2.21 bits per heavy atom. The monoisotopic (exact) mass is 344 g/mol. The number of carbonyl (C=O) groups excluding carboxylic acids is 1. The molecule has 1 aliphatic carbocycles. The normalized spacial score (nSPS) is 16.5. The van der Waals surface area contributed by atoms with E-state index >= 15 is 0 Å².